The Labute approximate surface area is 114 Å². The Morgan fingerprint density at radius 2 is 1.78 bits per heavy atom. The Bertz CT molecular complexity index is 676. The quantitative estimate of drug-likeness (QED) is 0.880. The summed E-state index contributed by atoms with van der Waals surface area (Å²) in [6, 6.07) is 7.04. The minimum Gasteiger partial charge on any atom is -0.265 e. The molecule has 0 saturated heterocycles. The van der Waals surface area contributed by atoms with Crippen molar-refractivity contribution in [1.29, 1.82) is 0 Å². The second-order valence-corrected chi connectivity index (χ2v) is 6.04. The average Bonchev–Trinajstić information content (AvgIpc) is 2.29. The minimum atomic E-state index is -3.54. The largest absolute Gasteiger partial charge is 0.265 e. The van der Waals surface area contributed by atoms with Gasteiger partial charge in [0.2, 0.25) is 10.0 Å². The van der Waals surface area contributed by atoms with Gasteiger partial charge in [0, 0.05) is 5.88 Å². The van der Waals surface area contributed by atoms with Gasteiger partial charge in [-0.1, -0.05) is 23.7 Å². The van der Waals surface area contributed by atoms with E-state index in [1.807, 2.05) is 0 Å². The van der Waals surface area contributed by atoms with Crippen molar-refractivity contribution in [2.24, 2.45) is 0 Å². The molecule has 1 heterocycles. The van der Waals surface area contributed by atoms with Crippen LogP contribution in [0.25, 0.3) is 11.0 Å². The van der Waals surface area contributed by atoms with Crippen LogP contribution in [0.1, 0.15) is 0 Å². The van der Waals surface area contributed by atoms with Crippen LogP contribution in [-0.4, -0.2) is 30.0 Å². The van der Waals surface area contributed by atoms with E-state index in [2.05, 4.69) is 14.7 Å². The maximum absolute atomic E-state index is 11.6. The van der Waals surface area contributed by atoms with E-state index >= 15 is 0 Å². The highest BCUT2D eigenvalue weighted by atomic mass is 35.5. The van der Waals surface area contributed by atoms with Gasteiger partial charge in [0.05, 0.1) is 16.8 Å². The Morgan fingerprint density at radius 3 is 2.39 bits per heavy atom. The average molecular weight is 306 g/mol. The first kappa shape index (κ1) is 13.3. The SMILES string of the molecule is O=S(=O)(CCCl)Nc1nc2ccccc2nc1Cl. The fraction of sp³-hybridized carbons (Fsp3) is 0.200. The molecule has 0 unspecified atom stereocenters. The van der Waals surface area contributed by atoms with Crippen molar-refractivity contribution < 1.29 is 8.42 Å². The van der Waals surface area contributed by atoms with Gasteiger partial charge in [0.15, 0.2) is 11.0 Å². The van der Waals surface area contributed by atoms with E-state index in [1.54, 1.807) is 24.3 Å². The van der Waals surface area contributed by atoms with E-state index in [0.717, 1.165) is 0 Å². The molecule has 0 fully saturated rings. The van der Waals surface area contributed by atoms with Crippen molar-refractivity contribution in [1.82, 2.24) is 9.97 Å². The number of nitrogens with zero attached hydrogens (tertiary/aromatic N) is 2. The molecule has 0 atom stereocenters. The van der Waals surface area contributed by atoms with Gasteiger partial charge in [-0.05, 0) is 12.1 Å². The predicted octanol–water partition coefficient (Wildman–Crippen LogP) is 2.26. The molecule has 0 spiro atoms. The Morgan fingerprint density at radius 1 is 1.17 bits per heavy atom. The van der Waals surface area contributed by atoms with Crippen molar-refractivity contribution in [3.8, 4) is 0 Å². The molecule has 5 nitrogen and oxygen atoms in total. The Balaban J connectivity index is 2.42. The van der Waals surface area contributed by atoms with Crippen LogP contribution in [0.5, 0.6) is 0 Å². The molecule has 1 aromatic heterocycles. The molecule has 2 rings (SSSR count). The summed E-state index contributed by atoms with van der Waals surface area (Å²) >= 11 is 11.3. The minimum absolute atomic E-state index is 0.00599. The van der Waals surface area contributed by atoms with E-state index in [9.17, 15) is 8.42 Å². The van der Waals surface area contributed by atoms with Crippen LogP contribution in [0.15, 0.2) is 24.3 Å². The first-order valence-corrected chi connectivity index (χ1v) is 7.57. The first-order chi connectivity index (χ1) is 8.52. The van der Waals surface area contributed by atoms with Gasteiger partial charge in [-0.25, -0.2) is 18.4 Å². The number of nitrogens with one attached hydrogen (secondary N) is 1. The summed E-state index contributed by atoms with van der Waals surface area (Å²) in [7, 11) is -3.54. The number of para-hydroxylation sites is 2. The number of sulfonamides is 1. The molecule has 1 aromatic carbocycles. The maximum atomic E-state index is 11.6. The summed E-state index contributed by atoms with van der Waals surface area (Å²) in [5.74, 6) is -0.201. The van der Waals surface area contributed by atoms with Crippen molar-refractivity contribution in [2.75, 3.05) is 16.4 Å². The fourth-order valence-electron chi connectivity index (χ4n) is 1.34. The van der Waals surface area contributed by atoms with E-state index < -0.39 is 10.0 Å². The number of halogens is 2. The summed E-state index contributed by atoms with van der Waals surface area (Å²) in [4.78, 5) is 8.18. The highest BCUT2D eigenvalue weighted by Gasteiger charge is 2.14. The molecule has 0 bridgehead atoms. The molecule has 2 aromatic rings. The number of anilines is 1. The van der Waals surface area contributed by atoms with Gasteiger partial charge in [-0.15, -0.1) is 11.6 Å². The van der Waals surface area contributed by atoms with Gasteiger partial charge < -0.3 is 0 Å². The Hall–Kier alpha value is -1.11. The van der Waals surface area contributed by atoms with E-state index in [4.69, 9.17) is 23.2 Å². The van der Waals surface area contributed by atoms with Crippen LogP contribution >= 0.6 is 23.2 Å². The number of hydrogen-bond acceptors (Lipinski definition) is 4. The van der Waals surface area contributed by atoms with Crippen molar-refractivity contribution in [3.63, 3.8) is 0 Å². The maximum Gasteiger partial charge on any atom is 0.235 e. The van der Waals surface area contributed by atoms with Gasteiger partial charge in [0.1, 0.15) is 0 Å². The predicted molar refractivity (Wildman–Crippen MR) is 72.7 cm³/mol. The highest BCUT2D eigenvalue weighted by molar-refractivity contribution is 7.92. The lowest BCUT2D eigenvalue weighted by molar-refractivity contribution is 0.602. The van der Waals surface area contributed by atoms with E-state index in [1.165, 1.54) is 0 Å². The van der Waals surface area contributed by atoms with Crippen LogP contribution in [-0.2, 0) is 10.0 Å². The lowest BCUT2D eigenvalue weighted by Gasteiger charge is -2.08. The number of hydrogen-bond donors (Lipinski definition) is 1. The molecular formula is C10H9Cl2N3O2S. The zero-order valence-corrected chi connectivity index (χ0v) is 11.4. The second-order valence-electron chi connectivity index (χ2n) is 3.46. The second kappa shape index (κ2) is 5.26. The fourth-order valence-corrected chi connectivity index (χ4v) is 2.93. The number of fused-ring (bicyclic) bond motifs is 1. The standard InChI is InChI=1S/C10H9Cl2N3O2S/c11-5-6-18(16,17)15-10-9(12)13-7-3-1-2-4-8(7)14-10/h1-4H,5-6H2,(H,14,15). The van der Waals surface area contributed by atoms with Crippen LogP contribution in [0.4, 0.5) is 5.82 Å². The highest BCUT2D eigenvalue weighted by Crippen LogP contribution is 2.21. The number of aromatic nitrogens is 2. The summed E-state index contributed by atoms with van der Waals surface area (Å²) < 4.78 is 25.4. The summed E-state index contributed by atoms with van der Waals surface area (Å²) in [6.07, 6.45) is 0. The summed E-state index contributed by atoms with van der Waals surface area (Å²) in [6.45, 7) is 0. The Kier molecular flexibility index (Phi) is 3.89. The van der Waals surface area contributed by atoms with Crippen molar-refractivity contribution in [2.45, 2.75) is 0 Å². The number of alkyl halides is 1. The lowest BCUT2D eigenvalue weighted by Crippen LogP contribution is -2.18. The zero-order chi connectivity index (χ0) is 13.2. The van der Waals surface area contributed by atoms with Gasteiger partial charge in [0.25, 0.3) is 0 Å². The molecular weight excluding hydrogens is 297 g/mol. The zero-order valence-electron chi connectivity index (χ0n) is 9.10. The third kappa shape index (κ3) is 3.01. The topological polar surface area (TPSA) is 72.0 Å². The molecule has 0 aliphatic rings. The van der Waals surface area contributed by atoms with Crippen molar-refractivity contribution in [3.05, 3.63) is 29.4 Å². The molecule has 0 saturated carbocycles. The molecule has 0 amide bonds. The molecule has 96 valence electrons. The van der Waals surface area contributed by atoms with Gasteiger partial charge >= 0.3 is 0 Å². The molecule has 18 heavy (non-hydrogen) atoms. The van der Waals surface area contributed by atoms with Gasteiger partial charge in [-0.2, -0.15) is 0 Å². The first-order valence-electron chi connectivity index (χ1n) is 5.00. The van der Waals surface area contributed by atoms with Crippen molar-refractivity contribution >= 4 is 50.1 Å². The molecule has 1 N–H and O–H groups in total. The molecule has 0 aliphatic carbocycles. The van der Waals surface area contributed by atoms with Crippen LogP contribution in [0.3, 0.4) is 0 Å². The lowest BCUT2D eigenvalue weighted by atomic mass is 10.3. The third-order valence-electron chi connectivity index (χ3n) is 2.13. The number of benzene rings is 1. The molecule has 8 heteroatoms. The monoisotopic (exact) mass is 305 g/mol. The molecule has 0 radical (unpaired) electrons. The summed E-state index contributed by atoms with van der Waals surface area (Å²) in [5, 5.41) is 0.00634. The van der Waals surface area contributed by atoms with Gasteiger partial charge in [-0.3, -0.25) is 4.72 Å². The van der Waals surface area contributed by atoms with E-state index in [-0.39, 0.29) is 22.6 Å². The number of rotatable bonds is 4. The smallest absolute Gasteiger partial charge is 0.235 e. The van der Waals surface area contributed by atoms with Crippen LogP contribution in [0.2, 0.25) is 5.15 Å². The normalized spacial score (nSPS) is 11.7. The third-order valence-corrected chi connectivity index (χ3v) is 4.05. The van der Waals surface area contributed by atoms with Crippen LogP contribution < -0.4 is 4.72 Å². The summed E-state index contributed by atoms with van der Waals surface area (Å²) in [5.41, 5.74) is 1.16. The van der Waals surface area contributed by atoms with Crippen LogP contribution in [0, 0.1) is 0 Å². The van der Waals surface area contributed by atoms with E-state index in [0.29, 0.717) is 11.0 Å². The molecule has 0 aliphatic heterocycles.